The number of halogens is 1. The normalized spacial score (nSPS) is 15.9. The van der Waals surface area contributed by atoms with Crippen molar-refractivity contribution in [3.8, 4) is 5.75 Å². The van der Waals surface area contributed by atoms with Gasteiger partial charge in [-0.3, -0.25) is 9.69 Å². The Labute approximate surface area is 202 Å². The van der Waals surface area contributed by atoms with Crippen LogP contribution in [-0.2, 0) is 16.1 Å². The number of methoxy groups -OCH3 is 1. The molecule has 5 nitrogen and oxygen atoms in total. The predicted octanol–water partition coefficient (Wildman–Crippen LogP) is 6.05. The zero-order chi connectivity index (χ0) is 23.8. The van der Waals surface area contributed by atoms with Gasteiger partial charge in [0.1, 0.15) is 18.2 Å². The molecule has 3 aromatic rings. The predicted molar refractivity (Wildman–Crippen MR) is 134 cm³/mol. The van der Waals surface area contributed by atoms with E-state index in [1.165, 1.54) is 23.9 Å². The molecule has 0 spiro atoms. The van der Waals surface area contributed by atoms with E-state index in [2.05, 4.69) is 0 Å². The summed E-state index contributed by atoms with van der Waals surface area (Å²) in [6.07, 6.45) is 2.57. The lowest BCUT2D eigenvalue weighted by Gasteiger charge is -2.15. The second-order valence-corrected chi connectivity index (χ2v) is 8.64. The SMILES string of the molecule is COCCCN1C(=O)/C(=C/c2cccc(OCc3ccc(F)cc3)c2)SC1=Nc1ccccc1. The minimum Gasteiger partial charge on any atom is -0.489 e. The third kappa shape index (κ3) is 6.34. The van der Waals surface area contributed by atoms with Crippen molar-refractivity contribution >= 4 is 34.6 Å². The highest BCUT2D eigenvalue weighted by atomic mass is 32.2. The van der Waals surface area contributed by atoms with Crippen molar-refractivity contribution < 1.29 is 18.7 Å². The molecule has 1 amide bonds. The topological polar surface area (TPSA) is 51.1 Å². The lowest BCUT2D eigenvalue weighted by atomic mass is 10.2. The van der Waals surface area contributed by atoms with Gasteiger partial charge in [-0.25, -0.2) is 9.38 Å². The first-order chi connectivity index (χ1) is 16.6. The Balaban J connectivity index is 1.52. The molecule has 0 saturated carbocycles. The van der Waals surface area contributed by atoms with Gasteiger partial charge in [0.15, 0.2) is 5.17 Å². The number of hydrogen-bond donors (Lipinski definition) is 0. The highest BCUT2D eigenvalue weighted by molar-refractivity contribution is 8.18. The van der Waals surface area contributed by atoms with E-state index in [-0.39, 0.29) is 11.7 Å². The maximum atomic E-state index is 13.2. The molecule has 34 heavy (non-hydrogen) atoms. The second kappa shape index (κ2) is 11.6. The third-order valence-electron chi connectivity index (χ3n) is 5.07. The Kier molecular flexibility index (Phi) is 8.12. The summed E-state index contributed by atoms with van der Waals surface area (Å²) in [5.74, 6) is 0.320. The van der Waals surface area contributed by atoms with Crippen LogP contribution in [0.2, 0.25) is 0 Å². The van der Waals surface area contributed by atoms with Gasteiger partial charge in [-0.2, -0.15) is 0 Å². The van der Waals surface area contributed by atoms with E-state index in [1.54, 1.807) is 24.1 Å². The Hall–Kier alpha value is -3.42. The first-order valence-corrected chi connectivity index (χ1v) is 11.8. The molecule has 4 rings (SSSR count). The molecular weight excluding hydrogens is 451 g/mol. The van der Waals surface area contributed by atoms with Crippen molar-refractivity contribution in [1.82, 2.24) is 4.90 Å². The summed E-state index contributed by atoms with van der Waals surface area (Å²) in [7, 11) is 1.65. The van der Waals surface area contributed by atoms with Crippen LogP contribution in [0.15, 0.2) is 88.8 Å². The minimum absolute atomic E-state index is 0.0755. The van der Waals surface area contributed by atoms with E-state index in [9.17, 15) is 9.18 Å². The average Bonchev–Trinajstić information content (AvgIpc) is 3.13. The van der Waals surface area contributed by atoms with Crippen LogP contribution in [0.1, 0.15) is 17.5 Å². The van der Waals surface area contributed by atoms with Crippen molar-refractivity contribution in [2.45, 2.75) is 13.0 Å². The van der Waals surface area contributed by atoms with Gasteiger partial charge in [0, 0.05) is 20.3 Å². The van der Waals surface area contributed by atoms with Gasteiger partial charge in [-0.15, -0.1) is 0 Å². The van der Waals surface area contributed by atoms with Crippen molar-refractivity contribution in [1.29, 1.82) is 0 Å². The fourth-order valence-corrected chi connectivity index (χ4v) is 4.39. The molecule has 1 aliphatic heterocycles. The number of nitrogens with zero attached hydrogens (tertiary/aromatic N) is 2. The van der Waals surface area contributed by atoms with Gasteiger partial charge >= 0.3 is 0 Å². The lowest BCUT2D eigenvalue weighted by Crippen LogP contribution is -2.30. The average molecular weight is 477 g/mol. The van der Waals surface area contributed by atoms with E-state index in [0.717, 1.165) is 23.2 Å². The highest BCUT2D eigenvalue weighted by Gasteiger charge is 2.33. The molecule has 174 valence electrons. The molecule has 0 unspecified atom stereocenters. The van der Waals surface area contributed by atoms with E-state index in [0.29, 0.717) is 35.6 Å². The van der Waals surface area contributed by atoms with Crippen molar-refractivity contribution in [3.63, 3.8) is 0 Å². The Bertz CT molecular complexity index is 1180. The number of thioether (sulfide) groups is 1. The molecule has 0 aliphatic carbocycles. The molecule has 1 saturated heterocycles. The fourth-order valence-electron chi connectivity index (χ4n) is 3.36. The summed E-state index contributed by atoms with van der Waals surface area (Å²) in [6, 6.07) is 23.4. The fraction of sp³-hybridized carbons (Fsp3) is 0.185. The van der Waals surface area contributed by atoms with Gasteiger partial charge in [0.05, 0.1) is 10.6 Å². The standard InChI is InChI=1S/C27H25FN2O3S/c1-32-16-6-15-30-26(31)25(34-27(30)29-23-8-3-2-4-9-23)18-21-7-5-10-24(17-21)33-19-20-11-13-22(28)14-12-20/h2-5,7-14,17-18H,6,15-16,19H2,1H3/b25-18-,29-27?. The first kappa shape index (κ1) is 23.7. The molecular formula is C27H25FN2O3S. The first-order valence-electron chi connectivity index (χ1n) is 10.9. The zero-order valence-corrected chi connectivity index (χ0v) is 19.6. The molecule has 0 atom stereocenters. The van der Waals surface area contributed by atoms with Crippen LogP contribution in [0, 0.1) is 5.82 Å². The van der Waals surface area contributed by atoms with Crippen LogP contribution >= 0.6 is 11.8 Å². The van der Waals surface area contributed by atoms with E-state index in [4.69, 9.17) is 14.5 Å². The monoisotopic (exact) mass is 476 g/mol. The highest BCUT2D eigenvalue weighted by Crippen LogP contribution is 2.34. The van der Waals surface area contributed by atoms with E-state index in [1.807, 2.05) is 60.7 Å². The summed E-state index contributed by atoms with van der Waals surface area (Å²) in [5, 5.41) is 0.655. The smallest absolute Gasteiger partial charge is 0.266 e. The number of amides is 1. The van der Waals surface area contributed by atoms with Crippen LogP contribution < -0.4 is 4.74 Å². The van der Waals surface area contributed by atoms with Crippen LogP contribution in [0.3, 0.4) is 0 Å². The molecule has 0 N–H and O–H groups in total. The summed E-state index contributed by atoms with van der Waals surface area (Å²) < 4.78 is 24.1. The third-order valence-corrected chi connectivity index (χ3v) is 6.08. The number of aliphatic imine (C=N–C) groups is 1. The van der Waals surface area contributed by atoms with Gasteiger partial charge in [0.25, 0.3) is 5.91 Å². The summed E-state index contributed by atoms with van der Waals surface area (Å²) in [6.45, 7) is 1.43. The van der Waals surface area contributed by atoms with E-state index >= 15 is 0 Å². The van der Waals surface area contributed by atoms with Crippen molar-refractivity contribution in [2.24, 2.45) is 4.99 Å². The van der Waals surface area contributed by atoms with Crippen molar-refractivity contribution in [3.05, 3.63) is 101 Å². The molecule has 1 heterocycles. The number of carbonyl (C=O) groups is 1. The number of hydrogen-bond acceptors (Lipinski definition) is 5. The molecule has 0 aromatic heterocycles. The number of benzene rings is 3. The maximum Gasteiger partial charge on any atom is 0.266 e. The maximum absolute atomic E-state index is 13.2. The van der Waals surface area contributed by atoms with Gasteiger partial charge in [0.2, 0.25) is 0 Å². The largest absolute Gasteiger partial charge is 0.489 e. The number of carbonyl (C=O) groups excluding carboxylic acids is 1. The number of ether oxygens (including phenoxy) is 2. The van der Waals surface area contributed by atoms with Gasteiger partial charge in [-0.1, -0.05) is 42.5 Å². The van der Waals surface area contributed by atoms with Gasteiger partial charge in [-0.05, 0) is 71.8 Å². The van der Waals surface area contributed by atoms with Crippen LogP contribution in [0.25, 0.3) is 6.08 Å². The quantitative estimate of drug-likeness (QED) is 0.279. The molecule has 1 aliphatic rings. The zero-order valence-electron chi connectivity index (χ0n) is 18.8. The number of para-hydroxylation sites is 1. The summed E-state index contributed by atoms with van der Waals surface area (Å²) in [4.78, 5) is 20.2. The Morgan fingerprint density at radius 1 is 1.03 bits per heavy atom. The summed E-state index contributed by atoms with van der Waals surface area (Å²) >= 11 is 1.36. The molecule has 0 radical (unpaired) electrons. The van der Waals surface area contributed by atoms with Crippen molar-refractivity contribution in [2.75, 3.05) is 20.3 Å². The molecule has 7 heteroatoms. The van der Waals surface area contributed by atoms with E-state index < -0.39 is 0 Å². The lowest BCUT2D eigenvalue weighted by molar-refractivity contribution is -0.122. The molecule has 1 fully saturated rings. The summed E-state index contributed by atoms with van der Waals surface area (Å²) in [5.41, 5.74) is 2.53. The number of amidine groups is 1. The van der Waals surface area contributed by atoms with Crippen LogP contribution in [0.5, 0.6) is 5.75 Å². The molecule has 0 bridgehead atoms. The minimum atomic E-state index is -0.275. The number of rotatable bonds is 9. The second-order valence-electron chi connectivity index (χ2n) is 7.63. The van der Waals surface area contributed by atoms with Crippen LogP contribution in [0.4, 0.5) is 10.1 Å². The van der Waals surface area contributed by atoms with Crippen LogP contribution in [-0.4, -0.2) is 36.2 Å². The Morgan fingerprint density at radius 3 is 2.59 bits per heavy atom. The van der Waals surface area contributed by atoms with Gasteiger partial charge < -0.3 is 9.47 Å². The Morgan fingerprint density at radius 2 is 1.82 bits per heavy atom. The molecule has 3 aromatic carbocycles.